The van der Waals surface area contributed by atoms with Gasteiger partial charge in [0.25, 0.3) is 0 Å². The van der Waals surface area contributed by atoms with Gasteiger partial charge in [-0.15, -0.1) is 0 Å². The minimum atomic E-state index is -0.0609. The van der Waals surface area contributed by atoms with Crippen LogP contribution in [0.2, 0.25) is 5.28 Å². The van der Waals surface area contributed by atoms with Crippen LogP contribution in [0.25, 0.3) is 11.2 Å². The molecule has 1 unspecified atom stereocenters. The summed E-state index contributed by atoms with van der Waals surface area (Å²) in [7, 11) is 0. The average Bonchev–Trinajstić information content (AvgIpc) is 3.24. The van der Waals surface area contributed by atoms with Crippen molar-refractivity contribution >= 4 is 28.6 Å². The van der Waals surface area contributed by atoms with Crippen molar-refractivity contribution in [2.45, 2.75) is 38.6 Å². The van der Waals surface area contributed by atoms with Crippen molar-refractivity contribution in [3.8, 4) is 0 Å². The highest BCUT2D eigenvalue weighted by molar-refractivity contribution is 6.28. The number of halogens is 1. The minimum absolute atomic E-state index is 0.0609. The summed E-state index contributed by atoms with van der Waals surface area (Å²) >= 11 is 6.41. The van der Waals surface area contributed by atoms with E-state index in [4.69, 9.17) is 21.3 Å². The van der Waals surface area contributed by atoms with Crippen LogP contribution in [0.5, 0.6) is 0 Å². The van der Waals surface area contributed by atoms with E-state index in [-0.39, 0.29) is 11.5 Å². The maximum absolute atomic E-state index is 6.41. The fourth-order valence-electron chi connectivity index (χ4n) is 4.06. The Kier molecular flexibility index (Phi) is 5.82. The second kappa shape index (κ2) is 9.04. The van der Waals surface area contributed by atoms with Gasteiger partial charge in [-0.3, -0.25) is 4.57 Å². The number of nitrogens with zero attached hydrogens (tertiary/aromatic N) is 5. The average molecular weight is 434 g/mol. The van der Waals surface area contributed by atoms with E-state index < -0.39 is 0 Å². The summed E-state index contributed by atoms with van der Waals surface area (Å²) in [6.07, 6.45) is 4.91. The summed E-state index contributed by atoms with van der Waals surface area (Å²) in [5, 5.41) is 0.214. The van der Waals surface area contributed by atoms with Gasteiger partial charge < -0.3 is 9.64 Å². The van der Waals surface area contributed by atoms with Crippen LogP contribution in [0, 0.1) is 0 Å². The van der Waals surface area contributed by atoms with Gasteiger partial charge in [-0.05, 0) is 42.0 Å². The van der Waals surface area contributed by atoms with E-state index in [1.54, 1.807) is 6.33 Å². The van der Waals surface area contributed by atoms with Crippen molar-refractivity contribution in [1.82, 2.24) is 19.5 Å². The van der Waals surface area contributed by atoms with Gasteiger partial charge in [0, 0.05) is 19.7 Å². The second-order valence-corrected chi connectivity index (χ2v) is 8.13. The monoisotopic (exact) mass is 433 g/mol. The maximum Gasteiger partial charge on any atom is 0.226 e. The molecular weight excluding hydrogens is 410 g/mol. The molecule has 1 saturated heterocycles. The van der Waals surface area contributed by atoms with Crippen LogP contribution in [0.1, 0.15) is 36.6 Å². The summed E-state index contributed by atoms with van der Waals surface area (Å²) in [5.74, 6) is 0.734. The molecule has 1 atom stereocenters. The van der Waals surface area contributed by atoms with Crippen LogP contribution in [0.4, 0.5) is 5.82 Å². The van der Waals surface area contributed by atoms with Crippen molar-refractivity contribution in [3.05, 3.63) is 83.4 Å². The fourth-order valence-corrected chi connectivity index (χ4v) is 4.22. The molecule has 1 fully saturated rings. The van der Waals surface area contributed by atoms with E-state index in [2.05, 4.69) is 39.1 Å². The Hall–Kier alpha value is -2.96. The molecule has 0 amide bonds. The Morgan fingerprint density at radius 1 is 0.935 bits per heavy atom. The molecule has 7 heteroatoms. The highest BCUT2D eigenvalue weighted by Crippen LogP contribution is 2.31. The van der Waals surface area contributed by atoms with Crippen LogP contribution in [0.15, 0.2) is 67.0 Å². The van der Waals surface area contributed by atoms with Crippen LogP contribution in [0.3, 0.4) is 0 Å². The van der Waals surface area contributed by atoms with Crippen LogP contribution < -0.4 is 4.90 Å². The quantitative estimate of drug-likeness (QED) is 0.382. The number of anilines is 1. The van der Waals surface area contributed by atoms with Gasteiger partial charge in [0.1, 0.15) is 6.23 Å². The number of rotatable bonds is 6. The minimum Gasteiger partial charge on any atom is -0.358 e. The number of hydrogen-bond donors (Lipinski definition) is 0. The zero-order valence-corrected chi connectivity index (χ0v) is 17.9. The molecule has 158 valence electrons. The largest absolute Gasteiger partial charge is 0.358 e. The molecule has 0 aliphatic carbocycles. The predicted octanol–water partition coefficient (Wildman–Crippen LogP) is 5.39. The summed E-state index contributed by atoms with van der Waals surface area (Å²) in [4.78, 5) is 16.0. The molecule has 0 radical (unpaired) electrons. The predicted molar refractivity (Wildman–Crippen MR) is 122 cm³/mol. The van der Waals surface area contributed by atoms with Crippen molar-refractivity contribution in [2.75, 3.05) is 11.5 Å². The Balaban J connectivity index is 1.57. The molecule has 3 heterocycles. The molecule has 31 heavy (non-hydrogen) atoms. The van der Waals surface area contributed by atoms with Crippen molar-refractivity contribution in [2.24, 2.45) is 0 Å². The maximum atomic E-state index is 6.41. The van der Waals surface area contributed by atoms with Gasteiger partial charge in [0.2, 0.25) is 5.28 Å². The highest BCUT2D eigenvalue weighted by atomic mass is 35.5. The van der Waals surface area contributed by atoms with Gasteiger partial charge in [0.05, 0.1) is 6.33 Å². The third-order valence-electron chi connectivity index (χ3n) is 5.57. The third-order valence-corrected chi connectivity index (χ3v) is 5.74. The molecule has 1 aliphatic rings. The Morgan fingerprint density at radius 2 is 1.61 bits per heavy atom. The molecule has 4 aromatic rings. The van der Waals surface area contributed by atoms with E-state index in [1.165, 1.54) is 11.1 Å². The van der Waals surface area contributed by atoms with Crippen LogP contribution >= 0.6 is 11.6 Å². The lowest BCUT2D eigenvalue weighted by Crippen LogP contribution is -2.24. The van der Waals surface area contributed by atoms with E-state index in [0.29, 0.717) is 18.7 Å². The van der Waals surface area contributed by atoms with E-state index in [1.807, 2.05) is 41.0 Å². The molecule has 5 rings (SSSR count). The lowest BCUT2D eigenvalue weighted by atomic mass is 10.1. The van der Waals surface area contributed by atoms with Crippen molar-refractivity contribution in [1.29, 1.82) is 0 Å². The molecule has 0 N–H and O–H groups in total. The molecule has 0 saturated carbocycles. The first-order valence-corrected chi connectivity index (χ1v) is 11.0. The number of ether oxygens (including phenoxy) is 1. The van der Waals surface area contributed by atoms with E-state index >= 15 is 0 Å². The molecular formula is C24H24ClN5O. The number of imidazole rings is 1. The number of aromatic nitrogens is 4. The third kappa shape index (κ3) is 4.40. The Labute approximate surface area is 186 Å². The lowest BCUT2D eigenvalue weighted by molar-refractivity contribution is -0.0298. The van der Waals surface area contributed by atoms with Gasteiger partial charge in [0.15, 0.2) is 17.0 Å². The molecule has 6 nitrogen and oxygen atoms in total. The summed E-state index contributed by atoms with van der Waals surface area (Å²) < 4.78 is 7.96. The summed E-state index contributed by atoms with van der Waals surface area (Å²) in [6, 6.07) is 20.7. The summed E-state index contributed by atoms with van der Waals surface area (Å²) in [5.41, 5.74) is 3.84. The van der Waals surface area contributed by atoms with Crippen LogP contribution in [-0.4, -0.2) is 26.1 Å². The highest BCUT2D eigenvalue weighted by Gasteiger charge is 2.23. The normalized spacial score (nSPS) is 16.5. The molecule has 2 aromatic carbocycles. The van der Waals surface area contributed by atoms with Gasteiger partial charge in [-0.2, -0.15) is 9.97 Å². The van der Waals surface area contributed by atoms with Crippen molar-refractivity contribution in [3.63, 3.8) is 0 Å². The van der Waals surface area contributed by atoms with Crippen LogP contribution in [-0.2, 0) is 17.8 Å². The van der Waals surface area contributed by atoms with Gasteiger partial charge >= 0.3 is 0 Å². The zero-order valence-electron chi connectivity index (χ0n) is 17.2. The standard InChI is InChI=1S/C24H24ClN5O/c25-24-27-22(21-23(28-24)30(17-26-21)20-13-7-8-14-31-20)29(15-18-9-3-1-4-10-18)16-19-11-5-2-6-12-19/h1-6,9-12,17,20H,7-8,13-16H2. The SMILES string of the molecule is Clc1nc(N(Cc2ccccc2)Cc2ccccc2)c2ncn(C3CCCCO3)c2n1. The number of hydrogen-bond acceptors (Lipinski definition) is 5. The molecule has 1 aliphatic heterocycles. The Morgan fingerprint density at radius 3 is 2.23 bits per heavy atom. The zero-order chi connectivity index (χ0) is 21.0. The number of fused-ring (bicyclic) bond motifs is 1. The first kappa shape index (κ1) is 20.0. The molecule has 2 aromatic heterocycles. The van der Waals surface area contributed by atoms with E-state index in [0.717, 1.165) is 37.2 Å². The fraction of sp³-hybridized carbons (Fsp3) is 0.292. The lowest BCUT2D eigenvalue weighted by Gasteiger charge is -2.25. The molecule has 0 bridgehead atoms. The first-order valence-electron chi connectivity index (χ1n) is 10.6. The molecule has 0 spiro atoms. The van der Waals surface area contributed by atoms with E-state index in [9.17, 15) is 0 Å². The van der Waals surface area contributed by atoms with Gasteiger partial charge in [-0.1, -0.05) is 60.7 Å². The Bertz CT molecular complexity index is 1100. The number of benzene rings is 2. The smallest absolute Gasteiger partial charge is 0.226 e. The second-order valence-electron chi connectivity index (χ2n) is 7.79. The van der Waals surface area contributed by atoms with Gasteiger partial charge in [-0.25, -0.2) is 4.98 Å². The summed E-state index contributed by atoms with van der Waals surface area (Å²) in [6.45, 7) is 2.13. The van der Waals surface area contributed by atoms with Crippen molar-refractivity contribution < 1.29 is 4.74 Å². The first-order chi connectivity index (χ1) is 15.3. The topological polar surface area (TPSA) is 56.1 Å².